The fraction of sp³-hybridized carbons (Fsp3) is 0.600. The van der Waals surface area contributed by atoms with Crippen LogP contribution in [0.25, 0.3) is 0 Å². The van der Waals surface area contributed by atoms with Gasteiger partial charge in [-0.15, -0.1) is 0 Å². The molecule has 0 saturated carbocycles. The number of imidazole rings is 1. The van der Waals surface area contributed by atoms with Crippen molar-refractivity contribution in [1.82, 2.24) is 24.9 Å². The van der Waals surface area contributed by atoms with Crippen molar-refractivity contribution in [1.29, 1.82) is 0 Å². The van der Waals surface area contributed by atoms with Gasteiger partial charge in [-0.1, -0.05) is 5.16 Å². The van der Waals surface area contributed by atoms with E-state index in [-0.39, 0.29) is 35.4 Å². The van der Waals surface area contributed by atoms with Gasteiger partial charge in [0, 0.05) is 43.4 Å². The van der Waals surface area contributed by atoms with Gasteiger partial charge in [0.25, 0.3) is 5.91 Å². The number of hydrogen-bond donors (Lipinski definition) is 1. The molecule has 0 aliphatic carbocycles. The first-order chi connectivity index (χ1) is 13.9. The second-order valence-corrected chi connectivity index (χ2v) is 8.44. The molecule has 3 aliphatic heterocycles. The summed E-state index contributed by atoms with van der Waals surface area (Å²) >= 11 is 0. The molecule has 1 N–H and O–H groups in total. The number of likely N-dealkylation sites (tertiary alicyclic amines) is 1. The highest BCUT2D eigenvalue weighted by Crippen LogP contribution is 2.54. The molecule has 0 radical (unpaired) electrons. The van der Waals surface area contributed by atoms with E-state index < -0.39 is 0 Å². The van der Waals surface area contributed by atoms with Crippen LogP contribution in [0, 0.1) is 25.7 Å². The molecule has 9 nitrogen and oxygen atoms in total. The predicted octanol–water partition coefficient (Wildman–Crippen LogP) is 0.924. The quantitative estimate of drug-likeness (QED) is 0.802. The van der Waals surface area contributed by atoms with Gasteiger partial charge in [-0.2, -0.15) is 0 Å². The molecule has 5 heterocycles. The molecule has 1 spiro atoms. The first-order valence-corrected chi connectivity index (χ1v) is 10.1. The van der Waals surface area contributed by atoms with Gasteiger partial charge >= 0.3 is 0 Å². The van der Waals surface area contributed by atoms with E-state index in [9.17, 15) is 9.59 Å². The number of hydrogen-bond acceptors (Lipinski definition) is 6. The molecule has 2 bridgehead atoms. The Morgan fingerprint density at radius 1 is 1.38 bits per heavy atom. The highest BCUT2D eigenvalue weighted by Gasteiger charge is 2.63. The zero-order valence-corrected chi connectivity index (χ0v) is 16.6. The van der Waals surface area contributed by atoms with Crippen LogP contribution in [-0.4, -0.2) is 62.8 Å². The van der Waals surface area contributed by atoms with Crippen LogP contribution in [0.1, 0.15) is 34.9 Å². The molecule has 3 fully saturated rings. The fourth-order valence-corrected chi connectivity index (χ4v) is 5.24. The molecule has 29 heavy (non-hydrogen) atoms. The third-order valence-electron chi connectivity index (χ3n) is 6.72. The lowest BCUT2D eigenvalue weighted by atomic mass is 9.73. The van der Waals surface area contributed by atoms with Crippen LogP contribution in [0.2, 0.25) is 0 Å². The van der Waals surface area contributed by atoms with Crippen molar-refractivity contribution < 1.29 is 18.8 Å². The Balaban J connectivity index is 1.24. The normalized spacial score (nSPS) is 30.0. The van der Waals surface area contributed by atoms with Crippen LogP contribution < -0.4 is 5.32 Å². The van der Waals surface area contributed by atoms with Crippen LogP contribution in [0.15, 0.2) is 23.0 Å². The summed E-state index contributed by atoms with van der Waals surface area (Å²) in [6.45, 7) is 5.77. The van der Waals surface area contributed by atoms with Crippen molar-refractivity contribution >= 4 is 11.8 Å². The highest BCUT2D eigenvalue weighted by atomic mass is 16.5. The number of carbonyl (C=O) groups excluding carboxylic acids is 2. The maximum Gasteiger partial charge on any atom is 0.273 e. The van der Waals surface area contributed by atoms with E-state index in [0.717, 1.165) is 18.7 Å². The molecule has 3 saturated heterocycles. The molecule has 4 atom stereocenters. The number of aromatic nitrogens is 3. The molecule has 9 heteroatoms. The Kier molecular flexibility index (Phi) is 4.23. The molecule has 5 rings (SSSR count). The van der Waals surface area contributed by atoms with Gasteiger partial charge < -0.3 is 24.0 Å². The summed E-state index contributed by atoms with van der Waals surface area (Å²) in [5.41, 5.74) is 0.0321. The molecule has 0 aromatic carbocycles. The van der Waals surface area contributed by atoms with Crippen LogP contribution in [0.3, 0.4) is 0 Å². The molecule has 3 aliphatic rings. The second kappa shape index (κ2) is 6.69. The Bertz CT molecular complexity index is 952. The minimum atomic E-state index is -0.260. The number of ether oxygens (including phenoxy) is 1. The van der Waals surface area contributed by atoms with Gasteiger partial charge in [0.05, 0.1) is 18.2 Å². The van der Waals surface area contributed by atoms with E-state index in [4.69, 9.17) is 9.26 Å². The molecular formula is C20H25N5O4. The molecule has 0 unspecified atom stereocenters. The average molecular weight is 399 g/mol. The molecular weight excluding hydrogens is 374 g/mol. The Morgan fingerprint density at radius 3 is 2.97 bits per heavy atom. The minimum absolute atomic E-state index is 0.0859. The SMILES string of the molecule is Cc1cc(C(=O)NC[C@H]2[C@H]3CN(C(=O)Cn4ccnc4C)C[C@]34CC[C@H]2O4)no1. The molecule has 2 aromatic rings. The predicted molar refractivity (Wildman–Crippen MR) is 101 cm³/mol. The van der Waals surface area contributed by atoms with E-state index in [1.165, 1.54) is 0 Å². The van der Waals surface area contributed by atoms with Crippen LogP contribution in [-0.2, 0) is 16.1 Å². The van der Waals surface area contributed by atoms with Crippen LogP contribution in [0.4, 0.5) is 0 Å². The van der Waals surface area contributed by atoms with E-state index in [0.29, 0.717) is 37.6 Å². The zero-order valence-electron chi connectivity index (χ0n) is 16.6. The van der Waals surface area contributed by atoms with Crippen molar-refractivity contribution in [3.63, 3.8) is 0 Å². The van der Waals surface area contributed by atoms with E-state index in [2.05, 4.69) is 15.5 Å². The Hall–Kier alpha value is -2.68. The second-order valence-electron chi connectivity index (χ2n) is 8.44. The number of amides is 2. The highest BCUT2D eigenvalue weighted by molar-refractivity contribution is 5.92. The van der Waals surface area contributed by atoms with Gasteiger partial charge in [0.1, 0.15) is 18.1 Å². The van der Waals surface area contributed by atoms with E-state index in [1.54, 1.807) is 19.2 Å². The number of carbonyl (C=O) groups is 2. The number of fused-ring (bicyclic) bond motifs is 1. The maximum absolute atomic E-state index is 12.9. The number of nitrogens with zero attached hydrogens (tertiary/aromatic N) is 4. The summed E-state index contributed by atoms with van der Waals surface area (Å²) in [5, 5.41) is 6.75. The molecule has 154 valence electrons. The van der Waals surface area contributed by atoms with Crippen molar-refractivity contribution in [2.24, 2.45) is 11.8 Å². The minimum Gasteiger partial charge on any atom is -0.369 e. The van der Waals surface area contributed by atoms with Crippen molar-refractivity contribution in [3.05, 3.63) is 35.7 Å². The summed E-state index contributed by atoms with van der Waals surface area (Å²) in [7, 11) is 0. The van der Waals surface area contributed by atoms with Crippen molar-refractivity contribution in [2.45, 2.75) is 44.9 Å². The molecule has 2 amide bonds. The lowest BCUT2D eigenvalue weighted by molar-refractivity contribution is -0.132. The van der Waals surface area contributed by atoms with E-state index >= 15 is 0 Å². The number of rotatable bonds is 5. The summed E-state index contributed by atoms with van der Waals surface area (Å²) < 4.78 is 13.2. The van der Waals surface area contributed by atoms with Crippen LogP contribution in [0.5, 0.6) is 0 Å². The molecule has 2 aromatic heterocycles. The third kappa shape index (κ3) is 3.04. The summed E-state index contributed by atoms with van der Waals surface area (Å²) in [4.78, 5) is 31.3. The van der Waals surface area contributed by atoms with Crippen LogP contribution >= 0.6 is 0 Å². The third-order valence-corrected chi connectivity index (χ3v) is 6.72. The Labute approximate surface area is 168 Å². The number of aryl methyl sites for hydroxylation is 2. The lowest BCUT2D eigenvalue weighted by Crippen LogP contribution is -2.42. The first-order valence-electron chi connectivity index (χ1n) is 10.1. The van der Waals surface area contributed by atoms with Gasteiger partial charge in [0.15, 0.2) is 5.69 Å². The summed E-state index contributed by atoms with van der Waals surface area (Å²) in [6.07, 6.45) is 5.63. The lowest BCUT2D eigenvalue weighted by Gasteiger charge is -2.29. The number of nitrogens with one attached hydrogen (secondary N) is 1. The largest absolute Gasteiger partial charge is 0.369 e. The summed E-state index contributed by atoms with van der Waals surface area (Å²) in [5.74, 6) is 1.73. The van der Waals surface area contributed by atoms with Crippen molar-refractivity contribution in [2.75, 3.05) is 19.6 Å². The summed E-state index contributed by atoms with van der Waals surface area (Å²) in [6, 6.07) is 1.63. The fourth-order valence-electron chi connectivity index (χ4n) is 5.24. The van der Waals surface area contributed by atoms with Gasteiger partial charge in [-0.3, -0.25) is 9.59 Å². The monoisotopic (exact) mass is 399 g/mol. The van der Waals surface area contributed by atoms with Gasteiger partial charge in [0.2, 0.25) is 5.91 Å². The smallest absolute Gasteiger partial charge is 0.273 e. The van der Waals surface area contributed by atoms with Gasteiger partial charge in [-0.25, -0.2) is 4.98 Å². The Morgan fingerprint density at radius 2 is 2.24 bits per heavy atom. The maximum atomic E-state index is 12.9. The standard InChI is InChI=1S/C20H25N5O4/c1-12-7-16(23-29-12)19(27)22-8-14-15-9-25(11-20(15)4-3-17(14)28-20)18(26)10-24-6-5-21-13(24)2/h5-7,14-15,17H,3-4,8-11H2,1-2H3,(H,22,27)/t14-,15+,17+,20+/m0/s1. The topological polar surface area (TPSA) is 102 Å². The first kappa shape index (κ1) is 18.4. The van der Waals surface area contributed by atoms with Gasteiger partial charge in [-0.05, 0) is 26.7 Å². The zero-order chi connectivity index (χ0) is 20.2. The van der Waals surface area contributed by atoms with Crippen molar-refractivity contribution in [3.8, 4) is 0 Å². The van der Waals surface area contributed by atoms with E-state index in [1.807, 2.05) is 22.6 Å². The average Bonchev–Trinajstić information content (AvgIpc) is 3.48.